The van der Waals surface area contributed by atoms with E-state index < -0.39 is 5.41 Å². The predicted molar refractivity (Wildman–Crippen MR) is 232 cm³/mol. The van der Waals surface area contributed by atoms with E-state index in [0.717, 1.165) is 22.3 Å². The van der Waals surface area contributed by atoms with E-state index in [4.69, 9.17) is 15.0 Å². The molecule has 0 saturated carbocycles. The zero-order valence-electron chi connectivity index (χ0n) is 30.3. The van der Waals surface area contributed by atoms with Gasteiger partial charge in [-0.2, -0.15) is 0 Å². The van der Waals surface area contributed by atoms with Crippen molar-refractivity contribution in [3.05, 3.63) is 222 Å². The van der Waals surface area contributed by atoms with Crippen LogP contribution in [0.15, 0.2) is 200 Å². The lowest BCUT2D eigenvalue weighted by Gasteiger charge is -2.33. The van der Waals surface area contributed by atoms with Gasteiger partial charge in [0.15, 0.2) is 17.5 Å². The molecule has 2 aromatic heterocycles. The number of fused-ring (bicyclic) bond motifs is 6. The van der Waals surface area contributed by atoms with Crippen LogP contribution in [-0.4, -0.2) is 15.0 Å². The lowest BCUT2D eigenvalue weighted by atomic mass is 9.67. The van der Waals surface area contributed by atoms with Gasteiger partial charge in [0.05, 0.1) is 5.41 Å². The zero-order chi connectivity index (χ0) is 37.1. The summed E-state index contributed by atoms with van der Waals surface area (Å²) in [6.07, 6.45) is 0. The van der Waals surface area contributed by atoms with Crippen molar-refractivity contribution in [2.24, 2.45) is 0 Å². The minimum absolute atomic E-state index is 0.518. The minimum atomic E-state index is -0.518. The van der Waals surface area contributed by atoms with Gasteiger partial charge in [0.1, 0.15) is 0 Å². The predicted octanol–water partition coefficient (Wildman–Crippen LogP) is 13.3. The fraction of sp³-hybridized carbons (Fsp3) is 0.0192. The van der Waals surface area contributed by atoms with Gasteiger partial charge in [-0.25, -0.2) is 15.0 Å². The molecule has 0 saturated heterocycles. The van der Waals surface area contributed by atoms with Crippen LogP contribution in [0.1, 0.15) is 22.3 Å². The Balaban J connectivity index is 1.10. The largest absolute Gasteiger partial charge is 0.208 e. The first-order chi connectivity index (χ1) is 27.8. The standard InChI is InChI=1S/C52H33N3S/c1-4-16-35(17-5-1)49-53-50(36-32-30-34(31-33-36)39-24-14-25-41-40-22-11-13-29-46(40)56-48(39)41)55-51(54-49)43-26-15-28-45-47(43)42-23-10-12-27-44(42)52(45,37-18-6-2-7-19-37)38-20-8-3-9-21-38/h1-33H. The number of hydrogen-bond donors (Lipinski definition) is 0. The van der Waals surface area contributed by atoms with Gasteiger partial charge < -0.3 is 0 Å². The maximum absolute atomic E-state index is 5.30. The van der Waals surface area contributed by atoms with Crippen molar-refractivity contribution < 1.29 is 0 Å². The van der Waals surface area contributed by atoms with Crippen molar-refractivity contribution in [2.45, 2.75) is 5.41 Å². The van der Waals surface area contributed by atoms with Crippen molar-refractivity contribution in [1.82, 2.24) is 15.0 Å². The molecule has 2 heterocycles. The maximum atomic E-state index is 5.30. The molecule has 1 aliphatic carbocycles. The van der Waals surface area contributed by atoms with E-state index in [1.807, 2.05) is 29.5 Å². The van der Waals surface area contributed by atoms with Gasteiger partial charge in [-0.05, 0) is 50.6 Å². The Kier molecular flexibility index (Phi) is 7.58. The highest BCUT2D eigenvalue weighted by atomic mass is 32.1. The summed E-state index contributed by atoms with van der Waals surface area (Å²) in [6, 6.07) is 71.4. The lowest BCUT2D eigenvalue weighted by Crippen LogP contribution is -2.28. The Morgan fingerprint density at radius 1 is 0.339 bits per heavy atom. The van der Waals surface area contributed by atoms with Crippen LogP contribution in [-0.2, 0) is 5.41 Å². The molecule has 0 fully saturated rings. The second-order valence-corrected chi connectivity index (χ2v) is 15.3. The van der Waals surface area contributed by atoms with Crippen molar-refractivity contribution in [3.8, 4) is 56.4 Å². The molecule has 11 rings (SSSR count). The zero-order valence-corrected chi connectivity index (χ0v) is 31.1. The van der Waals surface area contributed by atoms with E-state index in [-0.39, 0.29) is 0 Å². The SMILES string of the molecule is c1ccc(-c2nc(-c3ccc(-c4cccc5c4sc4ccccc45)cc3)nc(-c3cccc4c3-c3ccccc3C4(c3ccccc3)c3ccccc3)n2)cc1. The van der Waals surface area contributed by atoms with Crippen LogP contribution >= 0.6 is 11.3 Å². The molecule has 10 aromatic rings. The summed E-state index contributed by atoms with van der Waals surface area (Å²) in [6.45, 7) is 0. The molecule has 0 atom stereocenters. The molecule has 0 N–H and O–H groups in total. The van der Waals surface area contributed by atoms with Gasteiger partial charge in [-0.15, -0.1) is 11.3 Å². The van der Waals surface area contributed by atoms with E-state index in [0.29, 0.717) is 17.5 Å². The molecule has 1 aliphatic rings. The molecule has 0 bridgehead atoms. The first kappa shape index (κ1) is 32.4. The average molecular weight is 732 g/mol. The Labute approximate surface area is 329 Å². The average Bonchev–Trinajstić information content (AvgIpc) is 3.82. The molecule has 0 aliphatic heterocycles. The van der Waals surface area contributed by atoms with E-state index in [1.54, 1.807) is 0 Å². The number of benzene rings is 8. The Hall–Kier alpha value is -7.01. The maximum Gasteiger partial charge on any atom is 0.164 e. The van der Waals surface area contributed by atoms with Gasteiger partial charge in [0.2, 0.25) is 0 Å². The van der Waals surface area contributed by atoms with Gasteiger partial charge in [0, 0.05) is 36.9 Å². The van der Waals surface area contributed by atoms with E-state index in [1.165, 1.54) is 59.1 Å². The summed E-state index contributed by atoms with van der Waals surface area (Å²) in [5, 5.41) is 2.60. The van der Waals surface area contributed by atoms with Crippen LogP contribution in [0, 0.1) is 0 Å². The fourth-order valence-corrected chi connectivity index (χ4v) is 10.0. The molecule has 56 heavy (non-hydrogen) atoms. The molecular weight excluding hydrogens is 699 g/mol. The Bertz CT molecular complexity index is 3020. The highest BCUT2D eigenvalue weighted by Gasteiger charge is 2.47. The third kappa shape index (κ3) is 5.00. The Morgan fingerprint density at radius 3 is 1.57 bits per heavy atom. The molecule has 0 radical (unpaired) electrons. The number of aromatic nitrogens is 3. The number of rotatable bonds is 6. The number of thiophene rings is 1. The minimum Gasteiger partial charge on any atom is -0.208 e. The summed E-state index contributed by atoms with van der Waals surface area (Å²) < 4.78 is 2.60. The smallest absolute Gasteiger partial charge is 0.164 e. The van der Waals surface area contributed by atoms with Crippen molar-refractivity contribution in [1.29, 1.82) is 0 Å². The molecule has 4 heteroatoms. The van der Waals surface area contributed by atoms with Gasteiger partial charge in [0.25, 0.3) is 0 Å². The molecule has 8 aromatic carbocycles. The first-order valence-corrected chi connectivity index (χ1v) is 19.8. The van der Waals surface area contributed by atoms with Crippen LogP contribution in [0.5, 0.6) is 0 Å². The Morgan fingerprint density at radius 2 is 0.839 bits per heavy atom. The topological polar surface area (TPSA) is 38.7 Å². The van der Waals surface area contributed by atoms with Crippen molar-refractivity contribution >= 4 is 31.5 Å². The lowest BCUT2D eigenvalue weighted by molar-refractivity contribution is 0.768. The second kappa shape index (κ2) is 13.1. The normalized spacial score (nSPS) is 12.8. The van der Waals surface area contributed by atoms with Crippen LogP contribution < -0.4 is 0 Å². The summed E-state index contributed by atoms with van der Waals surface area (Å²) in [7, 11) is 0. The molecule has 0 unspecified atom stereocenters. The summed E-state index contributed by atoms with van der Waals surface area (Å²) >= 11 is 1.85. The second-order valence-electron chi connectivity index (χ2n) is 14.3. The van der Waals surface area contributed by atoms with E-state index in [2.05, 4.69) is 182 Å². The highest BCUT2D eigenvalue weighted by Crippen LogP contribution is 2.58. The van der Waals surface area contributed by atoms with Crippen molar-refractivity contribution in [2.75, 3.05) is 0 Å². The monoisotopic (exact) mass is 731 g/mol. The molecule has 3 nitrogen and oxygen atoms in total. The van der Waals surface area contributed by atoms with Crippen LogP contribution in [0.25, 0.3) is 76.6 Å². The summed E-state index contributed by atoms with van der Waals surface area (Å²) in [5.74, 6) is 1.93. The molecule has 0 amide bonds. The van der Waals surface area contributed by atoms with E-state index in [9.17, 15) is 0 Å². The highest BCUT2D eigenvalue weighted by molar-refractivity contribution is 7.26. The van der Waals surface area contributed by atoms with Gasteiger partial charge in [-0.1, -0.05) is 194 Å². The van der Waals surface area contributed by atoms with Gasteiger partial charge >= 0.3 is 0 Å². The van der Waals surface area contributed by atoms with Gasteiger partial charge in [-0.3, -0.25) is 0 Å². The van der Waals surface area contributed by atoms with Crippen LogP contribution in [0.2, 0.25) is 0 Å². The third-order valence-electron chi connectivity index (χ3n) is 11.2. The summed E-state index contributed by atoms with van der Waals surface area (Å²) in [5.41, 5.74) is 12.0. The summed E-state index contributed by atoms with van der Waals surface area (Å²) in [4.78, 5) is 15.7. The van der Waals surface area contributed by atoms with E-state index >= 15 is 0 Å². The number of nitrogens with zero attached hydrogens (tertiary/aromatic N) is 3. The fourth-order valence-electron chi connectivity index (χ4n) is 8.79. The molecule has 0 spiro atoms. The molecule has 262 valence electrons. The van der Waals surface area contributed by atoms with Crippen molar-refractivity contribution in [3.63, 3.8) is 0 Å². The number of hydrogen-bond acceptors (Lipinski definition) is 4. The quantitative estimate of drug-likeness (QED) is 0.171. The third-order valence-corrected chi connectivity index (χ3v) is 12.5. The van der Waals surface area contributed by atoms with Crippen LogP contribution in [0.3, 0.4) is 0 Å². The first-order valence-electron chi connectivity index (χ1n) is 18.9. The van der Waals surface area contributed by atoms with Crippen LogP contribution in [0.4, 0.5) is 0 Å². The molecular formula is C52H33N3S.